The Balaban J connectivity index is 2.35. The van der Waals surface area contributed by atoms with Crippen LogP contribution in [0, 0.1) is 0 Å². The highest BCUT2D eigenvalue weighted by atomic mass is 16.5. The topological polar surface area (TPSA) is 38.7 Å². The summed E-state index contributed by atoms with van der Waals surface area (Å²) < 4.78 is 10.3. The molecule has 0 radical (unpaired) electrons. The van der Waals surface area contributed by atoms with Crippen molar-refractivity contribution in [3.05, 3.63) is 29.3 Å². The van der Waals surface area contributed by atoms with E-state index in [4.69, 9.17) is 9.47 Å². The fourth-order valence-electron chi connectivity index (χ4n) is 1.76. The van der Waals surface area contributed by atoms with Gasteiger partial charge in [0.25, 0.3) is 0 Å². The van der Waals surface area contributed by atoms with Gasteiger partial charge in [-0.2, -0.15) is 0 Å². The lowest BCUT2D eigenvalue weighted by molar-refractivity contribution is 0.146. The molecule has 0 atom stereocenters. The van der Waals surface area contributed by atoms with Gasteiger partial charge in [0, 0.05) is 12.7 Å². The first-order chi connectivity index (χ1) is 7.19. The van der Waals surface area contributed by atoms with E-state index in [1.54, 1.807) is 14.2 Å². The van der Waals surface area contributed by atoms with Gasteiger partial charge in [-0.15, -0.1) is 0 Å². The summed E-state index contributed by atoms with van der Waals surface area (Å²) in [4.78, 5) is 0. The Morgan fingerprint density at radius 1 is 1.33 bits per heavy atom. The Bertz CT molecular complexity index is 356. The van der Waals surface area contributed by atoms with Gasteiger partial charge in [0.1, 0.15) is 5.75 Å². The minimum absolute atomic E-state index is 0.563. The van der Waals surface area contributed by atoms with E-state index in [0.29, 0.717) is 6.61 Å². The van der Waals surface area contributed by atoms with Crippen molar-refractivity contribution in [3.63, 3.8) is 0 Å². The highest BCUT2D eigenvalue weighted by molar-refractivity contribution is 5.43. The monoisotopic (exact) mass is 208 g/mol. The number of hydrogen-bond donors (Lipinski definition) is 1. The minimum Gasteiger partial charge on any atom is -0.496 e. The number of hydrogen-bond acceptors (Lipinski definition) is 3. The van der Waals surface area contributed by atoms with Gasteiger partial charge in [-0.3, -0.25) is 0 Å². The van der Waals surface area contributed by atoms with Crippen LogP contribution in [-0.2, 0) is 16.9 Å². The van der Waals surface area contributed by atoms with Gasteiger partial charge in [0.05, 0.1) is 19.3 Å². The van der Waals surface area contributed by atoms with Crippen LogP contribution in [0.15, 0.2) is 18.2 Å². The highest BCUT2D eigenvalue weighted by Crippen LogP contribution is 2.48. The molecule has 1 aromatic carbocycles. The number of benzene rings is 1. The van der Waals surface area contributed by atoms with Crippen LogP contribution in [0.4, 0.5) is 0 Å². The van der Waals surface area contributed by atoms with Gasteiger partial charge in [0.15, 0.2) is 0 Å². The number of rotatable bonds is 4. The second-order valence-electron chi connectivity index (χ2n) is 4.00. The molecule has 3 heteroatoms. The molecule has 0 aliphatic heterocycles. The third kappa shape index (κ3) is 1.98. The zero-order valence-corrected chi connectivity index (χ0v) is 9.12. The Kier molecular flexibility index (Phi) is 2.67. The van der Waals surface area contributed by atoms with Crippen LogP contribution in [0.25, 0.3) is 0 Å². The van der Waals surface area contributed by atoms with Gasteiger partial charge in [-0.1, -0.05) is 6.07 Å². The van der Waals surface area contributed by atoms with E-state index in [0.717, 1.165) is 29.7 Å². The molecule has 0 unspecified atom stereocenters. The zero-order valence-electron chi connectivity index (χ0n) is 9.12. The predicted octanol–water partition coefficient (Wildman–Crippen LogP) is 1.82. The molecule has 15 heavy (non-hydrogen) atoms. The van der Waals surface area contributed by atoms with Crippen LogP contribution in [-0.4, -0.2) is 19.3 Å². The lowest BCUT2D eigenvalue weighted by Gasteiger charge is -2.14. The van der Waals surface area contributed by atoms with Gasteiger partial charge in [-0.05, 0) is 30.5 Å². The summed E-state index contributed by atoms with van der Waals surface area (Å²) in [5.74, 6) is 0.759. The molecular weight excluding hydrogens is 192 g/mol. The average molecular weight is 208 g/mol. The molecule has 1 aliphatic carbocycles. The van der Waals surface area contributed by atoms with E-state index in [9.17, 15) is 5.11 Å². The lowest BCUT2D eigenvalue weighted by Crippen LogP contribution is -2.07. The first-order valence-electron chi connectivity index (χ1n) is 5.08. The van der Waals surface area contributed by atoms with Crippen LogP contribution >= 0.6 is 0 Å². The number of ether oxygens (including phenoxy) is 2. The molecule has 2 rings (SSSR count). The molecule has 0 saturated heterocycles. The summed E-state index contributed by atoms with van der Waals surface area (Å²) in [5, 5.41) is 10.1. The molecular formula is C12H16O3. The summed E-state index contributed by atoms with van der Waals surface area (Å²) in [6, 6.07) is 5.81. The normalized spacial score (nSPS) is 17.5. The van der Waals surface area contributed by atoms with E-state index >= 15 is 0 Å². The minimum atomic E-state index is -0.658. The lowest BCUT2D eigenvalue weighted by atomic mass is 10.0. The highest BCUT2D eigenvalue weighted by Gasteiger charge is 2.44. The molecule has 1 fully saturated rings. The van der Waals surface area contributed by atoms with Crippen molar-refractivity contribution < 1.29 is 14.6 Å². The molecule has 1 saturated carbocycles. The van der Waals surface area contributed by atoms with Crippen molar-refractivity contribution in [2.45, 2.75) is 25.0 Å². The molecule has 1 aliphatic rings. The number of aliphatic hydroxyl groups is 1. The quantitative estimate of drug-likeness (QED) is 0.820. The molecule has 1 aromatic rings. The standard InChI is InChI=1S/C12H16O3/c1-14-8-9-3-4-11(15-2)10(7-9)12(13)5-6-12/h3-4,7,13H,5-6,8H2,1-2H3. The molecule has 0 heterocycles. The van der Waals surface area contributed by atoms with Crippen molar-refractivity contribution in [2.24, 2.45) is 0 Å². The Labute approximate surface area is 89.6 Å². The van der Waals surface area contributed by atoms with Gasteiger partial charge < -0.3 is 14.6 Å². The molecule has 0 bridgehead atoms. The second-order valence-corrected chi connectivity index (χ2v) is 4.00. The van der Waals surface area contributed by atoms with Crippen LogP contribution in [0.3, 0.4) is 0 Å². The Morgan fingerprint density at radius 2 is 2.07 bits per heavy atom. The van der Waals surface area contributed by atoms with E-state index < -0.39 is 5.60 Å². The van der Waals surface area contributed by atoms with Crippen LogP contribution in [0.2, 0.25) is 0 Å². The fourth-order valence-corrected chi connectivity index (χ4v) is 1.76. The second kappa shape index (κ2) is 3.83. The van der Waals surface area contributed by atoms with E-state index in [1.807, 2.05) is 18.2 Å². The summed E-state index contributed by atoms with van der Waals surface area (Å²) in [5.41, 5.74) is 1.29. The van der Waals surface area contributed by atoms with E-state index in [-0.39, 0.29) is 0 Å². The largest absolute Gasteiger partial charge is 0.496 e. The van der Waals surface area contributed by atoms with Crippen molar-refractivity contribution >= 4 is 0 Å². The Hall–Kier alpha value is -1.06. The maximum atomic E-state index is 10.1. The van der Waals surface area contributed by atoms with E-state index in [1.165, 1.54) is 0 Å². The maximum absolute atomic E-state index is 10.1. The summed E-state index contributed by atoms with van der Waals surface area (Å²) in [6.45, 7) is 0.563. The van der Waals surface area contributed by atoms with Gasteiger partial charge in [0.2, 0.25) is 0 Å². The van der Waals surface area contributed by atoms with Crippen molar-refractivity contribution in [1.82, 2.24) is 0 Å². The van der Waals surface area contributed by atoms with Crippen molar-refractivity contribution in [1.29, 1.82) is 0 Å². The zero-order chi connectivity index (χ0) is 10.9. The van der Waals surface area contributed by atoms with Crippen molar-refractivity contribution in [3.8, 4) is 5.75 Å². The summed E-state index contributed by atoms with van der Waals surface area (Å²) in [7, 11) is 3.29. The van der Waals surface area contributed by atoms with Crippen LogP contribution < -0.4 is 4.74 Å². The predicted molar refractivity (Wildman–Crippen MR) is 56.8 cm³/mol. The number of methoxy groups -OCH3 is 2. The average Bonchev–Trinajstić information content (AvgIpc) is 2.98. The van der Waals surface area contributed by atoms with Crippen molar-refractivity contribution in [2.75, 3.05) is 14.2 Å². The van der Waals surface area contributed by atoms with Crippen LogP contribution in [0.1, 0.15) is 24.0 Å². The summed E-state index contributed by atoms with van der Waals surface area (Å²) >= 11 is 0. The SMILES string of the molecule is COCc1ccc(OC)c(C2(O)CC2)c1. The van der Waals surface area contributed by atoms with Gasteiger partial charge >= 0.3 is 0 Å². The third-order valence-corrected chi connectivity index (χ3v) is 2.80. The first-order valence-corrected chi connectivity index (χ1v) is 5.08. The molecule has 1 N–H and O–H groups in total. The smallest absolute Gasteiger partial charge is 0.124 e. The Morgan fingerprint density at radius 3 is 2.60 bits per heavy atom. The maximum Gasteiger partial charge on any atom is 0.124 e. The molecule has 0 spiro atoms. The first kappa shape index (κ1) is 10.5. The van der Waals surface area contributed by atoms with E-state index in [2.05, 4.69) is 0 Å². The van der Waals surface area contributed by atoms with Gasteiger partial charge in [-0.25, -0.2) is 0 Å². The molecule has 82 valence electrons. The van der Waals surface area contributed by atoms with Crippen LogP contribution in [0.5, 0.6) is 5.75 Å². The third-order valence-electron chi connectivity index (χ3n) is 2.80. The fraction of sp³-hybridized carbons (Fsp3) is 0.500. The molecule has 0 amide bonds. The summed E-state index contributed by atoms with van der Waals surface area (Å²) in [6.07, 6.45) is 1.64. The molecule has 3 nitrogen and oxygen atoms in total. The molecule has 0 aromatic heterocycles.